The zero-order valence-corrected chi connectivity index (χ0v) is 12.9. The Labute approximate surface area is 131 Å². The molecular weight excluding hydrogens is 336 g/mol. The van der Waals surface area contributed by atoms with Crippen molar-refractivity contribution in [2.45, 2.75) is 5.38 Å². The topological polar surface area (TPSA) is 17.8 Å². The van der Waals surface area contributed by atoms with Crippen LogP contribution in [0.1, 0.15) is 16.5 Å². The molecule has 0 aliphatic rings. The summed E-state index contributed by atoms with van der Waals surface area (Å²) in [7, 11) is 0. The summed E-state index contributed by atoms with van der Waals surface area (Å²) in [6.45, 7) is 0. The summed E-state index contributed by atoms with van der Waals surface area (Å²) in [5.74, 6) is 0. The zero-order valence-electron chi connectivity index (χ0n) is 10.6. The van der Waals surface area contributed by atoms with Crippen LogP contribution in [0.3, 0.4) is 0 Å². The van der Waals surface area contributed by atoms with Crippen LogP contribution < -0.4 is 0 Å². The molecule has 0 fully saturated rings. The number of benzene rings is 2. The van der Waals surface area contributed by atoms with Gasteiger partial charge in [-0.15, -0.1) is 11.6 Å². The minimum atomic E-state index is -0.194. The van der Waals surface area contributed by atoms with E-state index in [0.29, 0.717) is 0 Å². The third-order valence-electron chi connectivity index (χ3n) is 3.08. The van der Waals surface area contributed by atoms with Gasteiger partial charge in [-0.05, 0) is 29.8 Å². The normalized spacial score (nSPS) is 12.3. The molecule has 3 aromatic rings. The molecule has 4 heteroatoms. The van der Waals surface area contributed by atoms with Crippen LogP contribution in [-0.2, 0) is 0 Å². The first-order chi connectivity index (χ1) is 9.74. The van der Waals surface area contributed by atoms with E-state index in [1.165, 1.54) is 0 Å². The lowest BCUT2D eigenvalue weighted by Crippen LogP contribution is -1.94. The van der Waals surface area contributed by atoms with Crippen LogP contribution in [0.25, 0.3) is 5.69 Å². The molecule has 1 heterocycles. The van der Waals surface area contributed by atoms with Gasteiger partial charge in [0.2, 0.25) is 0 Å². The number of rotatable bonds is 3. The molecule has 0 amide bonds. The molecule has 0 spiro atoms. The molecular formula is C16H12BrClN2. The molecule has 0 bridgehead atoms. The first kappa shape index (κ1) is 13.4. The Hall–Kier alpha value is -1.58. The number of nitrogens with zero attached hydrogens (tertiary/aromatic N) is 2. The van der Waals surface area contributed by atoms with Crippen LogP contribution in [0.2, 0.25) is 0 Å². The molecule has 20 heavy (non-hydrogen) atoms. The van der Waals surface area contributed by atoms with Crippen molar-refractivity contribution in [3.63, 3.8) is 0 Å². The van der Waals surface area contributed by atoms with Gasteiger partial charge >= 0.3 is 0 Å². The Morgan fingerprint density at radius 2 is 1.65 bits per heavy atom. The molecule has 3 rings (SSSR count). The summed E-state index contributed by atoms with van der Waals surface area (Å²) < 4.78 is 2.88. The third-order valence-corrected chi connectivity index (χ3v) is 4.11. The molecule has 2 aromatic carbocycles. The highest BCUT2D eigenvalue weighted by Crippen LogP contribution is 2.29. The Balaban J connectivity index is 1.88. The summed E-state index contributed by atoms with van der Waals surface area (Å²) in [5, 5.41) is 4.18. The van der Waals surface area contributed by atoms with Gasteiger partial charge in [0, 0.05) is 16.2 Å². The van der Waals surface area contributed by atoms with Gasteiger partial charge in [-0.25, -0.2) is 4.68 Å². The van der Waals surface area contributed by atoms with E-state index in [0.717, 1.165) is 21.3 Å². The summed E-state index contributed by atoms with van der Waals surface area (Å²) >= 11 is 9.94. The van der Waals surface area contributed by atoms with Gasteiger partial charge in [0.1, 0.15) is 0 Å². The summed E-state index contributed by atoms with van der Waals surface area (Å²) in [5.41, 5.74) is 3.07. The van der Waals surface area contributed by atoms with Gasteiger partial charge in [0.15, 0.2) is 0 Å². The quantitative estimate of drug-likeness (QED) is 0.612. The fourth-order valence-corrected chi connectivity index (χ4v) is 2.54. The highest BCUT2D eigenvalue weighted by molar-refractivity contribution is 9.10. The smallest absolute Gasteiger partial charge is 0.0865 e. The maximum Gasteiger partial charge on any atom is 0.0865 e. The predicted molar refractivity (Wildman–Crippen MR) is 85.4 cm³/mol. The number of para-hydroxylation sites is 1. The lowest BCUT2D eigenvalue weighted by atomic mass is 10.1. The van der Waals surface area contributed by atoms with Gasteiger partial charge in [-0.3, -0.25) is 0 Å². The second-order valence-corrected chi connectivity index (χ2v) is 5.82. The predicted octanol–water partition coefficient (Wildman–Crippen LogP) is 4.96. The molecule has 1 aromatic heterocycles. The zero-order chi connectivity index (χ0) is 13.9. The second-order valence-electron chi connectivity index (χ2n) is 4.47. The molecule has 0 saturated heterocycles. The molecule has 1 unspecified atom stereocenters. The fraction of sp³-hybridized carbons (Fsp3) is 0.0625. The van der Waals surface area contributed by atoms with Gasteiger partial charge < -0.3 is 0 Å². The van der Waals surface area contributed by atoms with Crippen molar-refractivity contribution in [3.05, 3.63) is 82.6 Å². The molecule has 0 radical (unpaired) electrons. The van der Waals surface area contributed by atoms with E-state index in [2.05, 4.69) is 21.0 Å². The van der Waals surface area contributed by atoms with Crippen LogP contribution in [0.4, 0.5) is 0 Å². The molecule has 2 nitrogen and oxygen atoms in total. The van der Waals surface area contributed by atoms with Gasteiger partial charge in [0.25, 0.3) is 0 Å². The molecule has 0 aliphatic carbocycles. The molecule has 0 saturated carbocycles. The second kappa shape index (κ2) is 5.81. The number of hydrogen-bond acceptors (Lipinski definition) is 1. The van der Waals surface area contributed by atoms with Gasteiger partial charge in [-0.1, -0.05) is 46.3 Å². The highest BCUT2D eigenvalue weighted by atomic mass is 79.9. The third kappa shape index (κ3) is 2.79. The average Bonchev–Trinajstić information content (AvgIpc) is 2.98. The average molecular weight is 348 g/mol. The number of halogens is 2. The van der Waals surface area contributed by atoms with Gasteiger partial charge in [-0.2, -0.15) is 5.10 Å². The number of alkyl halides is 1. The van der Waals surface area contributed by atoms with E-state index in [4.69, 9.17) is 11.6 Å². The van der Waals surface area contributed by atoms with E-state index in [9.17, 15) is 0 Å². The fourth-order valence-electron chi connectivity index (χ4n) is 2.01. The lowest BCUT2D eigenvalue weighted by Gasteiger charge is -2.07. The first-order valence-corrected chi connectivity index (χ1v) is 7.46. The summed E-state index contributed by atoms with van der Waals surface area (Å²) in [6.07, 6.45) is 3.78. The van der Waals surface area contributed by atoms with Crippen molar-refractivity contribution in [1.82, 2.24) is 9.78 Å². The Bertz CT molecular complexity index is 692. The molecule has 0 N–H and O–H groups in total. The maximum absolute atomic E-state index is 6.52. The van der Waals surface area contributed by atoms with Crippen molar-refractivity contribution in [1.29, 1.82) is 0 Å². The largest absolute Gasteiger partial charge is 0.241 e. The van der Waals surface area contributed by atoms with Crippen molar-refractivity contribution in [3.8, 4) is 5.69 Å². The van der Waals surface area contributed by atoms with Crippen molar-refractivity contribution in [2.75, 3.05) is 0 Å². The first-order valence-electron chi connectivity index (χ1n) is 6.23. The van der Waals surface area contributed by atoms with Gasteiger partial charge in [0.05, 0.1) is 17.3 Å². The van der Waals surface area contributed by atoms with Crippen LogP contribution >= 0.6 is 27.5 Å². The van der Waals surface area contributed by atoms with Crippen LogP contribution in [0.5, 0.6) is 0 Å². The van der Waals surface area contributed by atoms with Crippen molar-refractivity contribution >= 4 is 27.5 Å². The Kier molecular flexibility index (Phi) is 3.90. The van der Waals surface area contributed by atoms with Crippen molar-refractivity contribution in [2.24, 2.45) is 0 Å². The van der Waals surface area contributed by atoms with Crippen LogP contribution in [0, 0.1) is 0 Å². The van der Waals surface area contributed by atoms with Crippen molar-refractivity contribution < 1.29 is 0 Å². The monoisotopic (exact) mass is 346 g/mol. The standard InChI is InChI=1S/C16H12BrClN2/c17-14-8-6-12(7-9-14)16(18)13-10-19-20(11-13)15-4-2-1-3-5-15/h1-11,16H. The maximum atomic E-state index is 6.52. The van der Waals surface area contributed by atoms with E-state index in [1.807, 2.05) is 71.7 Å². The van der Waals surface area contributed by atoms with E-state index < -0.39 is 0 Å². The lowest BCUT2D eigenvalue weighted by molar-refractivity contribution is 0.880. The molecule has 100 valence electrons. The minimum absolute atomic E-state index is 0.194. The van der Waals surface area contributed by atoms with Crippen LogP contribution in [-0.4, -0.2) is 9.78 Å². The number of aromatic nitrogens is 2. The van der Waals surface area contributed by atoms with E-state index >= 15 is 0 Å². The summed E-state index contributed by atoms with van der Waals surface area (Å²) in [4.78, 5) is 0. The minimum Gasteiger partial charge on any atom is -0.241 e. The van der Waals surface area contributed by atoms with Crippen LogP contribution in [0.15, 0.2) is 71.5 Å². The molecule has 0 aliphatic heterocycles. The SMILES string of the molecule is ClC(c1ccc(Br)cc1)c1cnn(-c2ccccc2)c1. The Morgan fingerprint density at radius 1 is 0.950 bits per heavy atom. The Morgan fingerprint density at radius 3 is 2.35 bits per heavy atom. The highest BCUT2D eigenvalue weighted by Gasteiger charge is 2.13. The number of hydrogen-bond donors (Lipinski definition) is 0. The summed E-state index contributed by atoms with van der Waals surface area (Å²) in [6, 6.07) is 18.0. The van der Waals surface area contributed by atoms with E-state index in [1.54, 1.807) is 0 Å². The van der Waals surface area contributed by atoms with E-state index in [-0.39, 0.29) is 5.38 Å². The molecule has 1 atom stereocenters.